The summed E-state index contributed by atoms with van der Waals surface area (Å²) >= 11 is 0. The van der Waals surface area contributed by atoms with Gasteiger partial charge in [-0.15, -0.1) is 0 Å². The molecule has 3 N–H and O–H groups in total. The van der Waals surface area contributed by atoms with E-state index < -0.39 is 0 Å². The smallest absolute Gasteiger partial charge is 0.123 e. The molecular weight excluding hydrogens is 449 g/mol. The molecule has 5 nitrogen and oxygen atoms in total. The maximum Gasteiger partial charge on any atom is 0.123 e. The number of halogens is 1. The number of H-pyrrole nitrogens is 2. The molecule has 0 aliphatic rings. The molecule has 0 atom stereocenters. The summed E-state index contributed by atoms with van der Waals surface area (Å²) in [5.74, 6) is -0.267. The van der Waals surface area contributed by atoms with Crippen molar-refractivity contribution in [1.82, 2.24) is 25.5 Å². The minimum atomic E-state index is -0.267. The zero-order valence-electron chi connectivity index (χ0n) is 20.4. The van der Waals surface area contributed by atoms with Gasteiger partial charge in [0.1, 0.15) is 11.5 Å². The van der Waals surface area contributed by atoms with Crippen LogP contribution >= 0.6 is 0 Å². The van der Waals surface area contributed by atoms with E-state index in [4.69, 9.17) is 0 Å². The van der Waals surface area contributed by atoms with Gasteiger partial charge in [0.2, 0.25) is 0 Å². The Balaban J connectivity index is 1.57. The molecule has 0 bridgehead atoms. The molecule has 6 heteroatoms. The fourth-order valence-corrected chi connectivity index (χ4v) is 4.40. The Labute approximate surface area is 209 Å². The van der Waals surface area contributed by atoms with E-state index in [0.717, 1.165) is 74.3 Å². The number of nitrogens with zero attached hydrogens (tertiary/aromatic N) is 2. The number of fused-ring (bicyclic) bond motifs is 2. The first-order valence-electron chi connectivity index (χ1n) is 12.0. The zero-order chi connectivity index (χ0) is 25.1. The fraction of sp³-hybridized carbons (Fsp3) is 0.133. The molecule has 0 saturated heterocycles. The number of rotatable bonds is 8. The highest BCUT2D eigenvalue weighted by Gasteiger charge is 2.15. The molecule has 5 aromatic rings. The van der Waals surface area contributed by atoms with Crippen LogP contribution in [0.3, 0.4) is 0 Å². The van der Waals surface area contributed by atoms with Crippen molar-refractivity contribution in [2.75, 3.05) is 13.1 Å². The van der Waals surface area contributed by atoms with Crippen molar-refractivity contribution in [2.24, 2.45) is 0 Å². The molecule has 5 rings (SSSR count). The monoisotopic (exact) mass is 477 g/mol. The SMILES string of the molecule is C=C/C(=C\C(=C/C)c1ccc2[nH]nc(-c3cc4c(-c5ccc(F)cc5)nccc4[nH]3)c2c1)CNCC. The standard InChI is InChI=1S/C30H28FN5/c1-4-19(18-32-6-3)15-20(5-2)22-9-12-27-24(16-22)30(36-35-27)28-17-25-26(34-28)13-14-33-29(25)21-7-10-23(31)11-8-21/h4-5,7-17,32,34H,1,6,18H2,2-3H3,(H,35,36)/b19-15+,20-5+. The quantitative estimate of drug-likeness (QED) is 0.210. The third-order valence-electron chi connectivity index (χ3n) is 6.31. The Kier molecular flexibility index (Phi) is 6.60. The van der Waals surface area contributed by atoms with Gasteiger partial charge in [-0.05, 0) is 78.7 Å². The summed E-state index contributed by atoms with van der Waals surface area (Å²) in [5.41, 5.74) is 8.66. The summed E-state index contributed by atoms with van der Waals surface area (Å²) in [6, 6.07) is 16.7. The normalized spacial score (nSPS) is 12.5. The Morgan fingerprint density at radius 3 is 2.58 bits per heavy atom. The number of allylic oxidation sites excluding steroid dienone is 3. The molecule has 0 fully saturated rings. The zero-order valence-corrected chi connectivity index (χ0v) is 20.4. The lowest BCUT2D eigenvalue weighted by atomic mass is 10.00. The molecule has 0 aliphatic carbocycles. The highest BCUT2D eigenvalue weighted by atomic mass is 19.1. The van der Waals surface area contributed by atoms with Crippen LogP contribution in [0.1, 0.15) is 19.4 Å². The molecule has 0 radical (unpaired) electrons. The van der Waals surface area contributed by atoms with Crippen molar-refractivity contribution < 1.29 is 4.39 Å². The first kappa shape index (κ1) is 23.5. The van der Waals surface area contributed by atoms with E-state index in [2.05, 4.69) is 75.4 Å². The molecule has 36 heavy (non-hydrogen) atoms. The van der Waals surface area contributed by atoms with Gasteiger partial charge in [-0.3, -0.25) is 10.1 Å². The molecule has 0 unspecified atom stereocenters. The largest absolute Gasteiger partial charge is 0.353 e. The van der Waals surface area contributed by atoms with E-state index in [1.807, 2.05) is 19.1 Å². The summed E-state index contributed by atoms with van der Waals surface area (Å²) in [6.45, 7) is 9.78. The van der Waals surface area contributed by atoms with Gasteiger partial charge in [0, 0.05) is 34.6 Å². The van der Waals surface area contributed by atoms with Gasteiger partial charge in [-0.25, -0.2) is 4.39 Å². The van der Waals surface area contributed by atoms with Gasteiger partial charge in [0.25, 0.3) is 0 Å². The van der Waals surface area contributed by atoms with Crippen LogP contribution < -0.4 is 5.32 Å². The van der Waals surface area contributed by atoms with E-state index in [1.54, 1.807) is 18.3 Å². The second kappa shape index (κ2) is 10.1. The van der Waals surface area contributed by atoms with Crippen LogP contribution in [0.5, 0.6) is 0 Å². The number of nitrogens with one attached hydrogen (secondary N) is 3. The van der Waals surface area contributed by atoms with Crippen molar-refractivity contribution in [3.63, 3.8) is 0 Å². The summed E-state index contributed by atoms with van der Waals surface area (Å²) in [5, 5.41) is 13.1. The molecule has 0 amide bonds. The van der Waals surface area contributed by atoms with Crippen LogP contribution in [0.2, 0.25) is 0 Å². The van der Waals surface area contributed by atoms with Gasteiger partial charge in [0.15, 0.2) is 0 Å². The summed E-state index contributed by atoms with van der Waals surface area (Å²) in [7, 11) is 0. The number of hydrogen-bond donors (Lipinski definition) is 3. The van der Waals surface area contributed by atoms with Crippen molar-refractivity contribution in [2.45, 2.75) is 13.8 Å². The maximum atomic E-state index is 13.5. The molecule has 0 saturated carbocycles. The first-order chi connectivity index (χ1) is 17.6. The van der Waals surface area contributed by atoms with Crippen LogP contribution in [0.4, 0.5) is 4.39 Å². The third-order valence-corrected chi connectivity index (χ3v) is 6.31. The maximum absolute atomic E-state index is 13.5. The van der Waals surface area contributed by atoms with E-state index in [0.29, 0.717) is 0 Å². The topological polar surface area (TPSA) is 69.4 Å². The fourth-order valence-electron chi connectivity index (χ4n) is 4.40. The van der Waals surface area contributed by atoms with Crippen LogP contribution in [-0.4, -0.2) is 33.3 Å². The van der Waals surface area contributed by atoms with Crippen molar-refractivity contribution >= 4 is 27.4 Å². The Bertz CT molecular complexity index is 1600. The van der Waals surface area contributed by atoms with Crippen molar-refractivity contribution in [3.05, 3.63) is 103 Å². The minimum Gasteiger partial charge on any atom is -0.353 e. The van der Waals surface area contributed by atoms with Crippen molar-refractivity contribution in [1.29, 1.82) is 0 Å². The second-order valence-electron chi connectivity index (χ2n) is 8.59. The molecule has 0 spiro atoms. The molecule has 2 aromatic carbocycles. The van der Waals surface area contributed by atoms with Crippen LogP contribution in [0.25, 0.3) is 50.0 Å². The average molecular weight is 478 g/mol. The van der Waals surface area contributed by atoms with Gasteiger partial charge in [-0.2, -0.15) is 5.10 Å². The first-order valence-corrected chi connectivity index (χ1v) is 12.0. The van der Waals surface area contributed by atoms with E-state index in [-0.39, 0.29) is 5.82 Å². The number of likely N-dealkylation sites (N-methyl/N-ethyl adjacent to an activating group) is 1. The highest BCUT2D eigenvalue weighted by Crippen LogP contribution is 2.34. The van der Waals surface area contributed by atoms with Crippen molar-refractivity contribution in [3.8, 4) is 22.6 Å². The average Bonchev–Trinajstić information content (AvgIpc) is 3.53. The molecule has 3 aromatic heterocycles. The van der Waals surface area contributed by atoms with E-state index in [9.17, 15) is 4.39 Å². The highest BCUT2D eigenvalue weighted by molar-refractivity contribution is 6.00. The minimum absolute atomic E-state index is 0.267. The van der Waals surface area contributed by atoms with Gasteiger partial charge in [0.05, 0.1) is 16.9 Å². The van der Waals surface area contributed by atoms with Gasteiger partial charge < -0.3 is 10.3 Å². The van der Waals surface area contributed by atoms with E-state index in [1.165, 1.54) is 12.1 Å². The number of aromatic nitrogens is 4. The number of hydrogen-bond acceptors (Lipinski definition) is 3. The van der Waals surface area contributed by atoms with Crippen LogP contribution in [-0.2, 0) is 0 Å². The molecule has 180 valence electrons. The van der Waals surface area contributed by atoms with Gasteiger partial charge in [-0.1, -0.05) is 37.8 Å². The third kappa shape index (κ3) is 4.51. The number of aromatic amines is 2. The lowest BCUT2D eigenvalue weighted by Gasteiger charge is -2.07. The summed E-state index contributed by atoms with van der Waals surface area (Å²) in [6.07, 6.45) is 7.93. The summed E-state index contributed by atoms with van der Waals surface area (Å²) in [4.78, 5) is 8.07. The predicted molar refractivity (Wildman–Crippen MR) is 147 cm³/mol. The lowest BCUT2D eigenvalue weighted by Crippen LogP contribution is -2.15. The lowest BCUT2D eigenvalue weighted by molar-refractivity contribution is 0.628. The van der Waals surface area contributed by atoms with Gasteiger partial charge >= 0.3 is 0 Å². The Morgan fingerprint density at radius 1 is 1.03 bits per heavy atom. The number of pyridine rings is 1. The Morgan fingerprint density at radius 2 is 1.83 bits per heavy atom. The molecule has 0 aliphatic heterocycles. The molecule has 3 heterocycles. The second-order valence-corrected chi connectivity index (χ2v) is 8.59. The predicted octanol–water partition coefficient (Wildman–Crippen LogP) is 7.04. The van der Waals surface area contributed by atoms with Crippen LogP contribution in [0, 0.1) is 5.82 Å². The summed E-state index contributed by atoms with van der Waals surface area (Å²) < 4.78 is 13.5. The number of benzene rings is 2. The van der Waals surface area contributed by atoms with Crippen LogP contribution in [0.15, 0.2) is 91.2 Å². The molecular formula is C30H28FN5. The Hall–Kier alpha value is -4.29. The van der Waals surface area contributed by atoms with E-state index >= 15 is 0 Å².